The van der Waals surface area contributed by atoms with Crippen molar-refractivity contribution in [2.45, 2.75) is 4.90 Å². The fourth-order valence-electron chi connectivity index (χ4n) is 1.52. The summed E-state index contributed by atoms with van der Waals surface area (Å²) in [6.07, 6.45) is 0. The Labute approximate surface area is 125 Å². The first-order chi connectivity index (χ1) is 7.88. The number of carbonyl (C=O) groups is 1. The van der Waals surface area contributed by atoms with Crippen LogP contribution in [-0.4, -0.2) is 53.6 Å². The second kappa shape index (κ2) is 5.38. The van der Waals surface area contributed by atoms with Gasteiger partial charge in [-0.3, -0.25) is 4.55 Å². The molecule has 0 saturated heterocycles. The number of hydrogen-bond donors (Lipinski definition) is 2. The van der Waals surface area contributed by atoms with Crippen molar-refractivity contribution in [3.8, 4) is 0 Å². The van der Waals surface area contributed by atoms with Crippen LogP contribution in [0, 0.1) is 0 Å². The zero-order valence-electron chi connectivity index (χ0n) is 8.49. The van der Waals surface area contributed by atoms with Gasteiger partial charge in [0.05, 0.1) is 10.5 Å². The maximum atomic E-state index is 10.9. The fraction of sp³-hybridized carbons (Fsp3) is 0. The van der Waals surface area contributed by atoms with Gasteiger partial charge in [-0.25, -0.2) is 4.79 Å². The molecule has 2 N–H and O–H groups in total. The Bertz CT molecular complexity index is 708. The molecular weight excluding hydrogens is 267 g/mol. The normalized spacial score (nSPS) is 10.9. The van der Waals surface area contributed by atoms with Gasteiger partial charge in [-0.15, -0.1) is 0 Å². The van der Waals surface area contributed by atoms with Crippen molar-refractivity contribution in [3.63, 3.8) is 0 Å². The zero-order valence-corrected chi connectivity index (χ0v) is 9.31. The number of rotatable bonds is 2. The van der Waals surface area contributed by atoms with Gasteiger partial charge in [-0.1, -0.05) is 12.1 Å². The standard InChI is InChI=1S/C11H8O5S.Na.H/c12-11(13)8-2-1-7-3-4-10(17(14,15)16)6-9(7)5-8;;/h1-6H,(H,12,13)(H,14,15,16);;. The topological polar surface area (TPSA) is 91.7 Å². The van der Waals surface area contributed by atoms with Crippen molar-refractivity contribution in [2.75, 3.05) is 0 Å². The third-order valence-electron chi connectivity index (χ3n) is 2.36. The monoisotopic (exact) mass is 276 g/mol. The fourth-order valence-corrected chi connectivity index (χ4v) is 2.03. The minimum atomic E-state index is -4.27. The third-order valence-corrected chi connectivity index (χ3v) is 3.21. The van der Waals surface area contributed by atoms with Crippen molar-refractivity contribution in [3.05, 3.63) is 42.0 Å². The molecule has 7 heteroatoms. The Hall–Kier alpha value is -0.920. The molecule has 2 aromatic carbocycles. The summed E-state index contributed by atoms with van der Waals surface area (Å²) in [6.45, 7) is 0. The number of benzene rings is 2. The molecule has 0 aromatic heterocycles. The molecule has 90 valence electrons. The Morgan fingerprint density at radius 1 is 1.00 bits per heavy atom. The molecule has 18 heavy (non-hydrogen) atoms. The second-order valence-corrected chi connectivity index (χ2v) is 4.93. The molecule has 0 fully saturated rings. The van der Waals surface area contributed by atoms with Crippen molar-refractivity contribution in [1.82, 2.24) is 0 Å². The number of fused-ring (bicyclic) bond motifs is 1. The van der Waals surface area contributed by atoms with E-state index in [4.69, 9.17) is 9.66 Å². The molecule has 0 aliphatic carbocycles. The average Bonchev–Trinajstić information content (AvgIpc) is 2.26. The van der Waals surface area contributed by atoms with Gasteiger partial charge >= 0.3 is 35.5 Å². The summed E-state index contributed by atoms with van der Waals surface area (Å²) in [7, 11) is -4.27. The molecule has 0 aliphatic heterocycles. The van der Waals surface area contributed by atoms with E-state index < -0.39 is 16.1 Å². The van der Waals surface area contributed by atoms with Crippen molar-refractivity contribution < 1.29 is 22.9 Å². The van der Waals surface area contributed by atoms with Gasteiger partial charge in [-0.05, 0) is 35.0 Å². The van der Waals surface area contributed by atoms with Gasteiger partial charge in [0.1, 0.15) is 0 Å². The molecule has 0 bridgehead atoms. The summed E-state index contributed by atoms with van der Waals surface area (Å²) in [6, 6.07) is 8.36. The van der Waals surface area contributed by atoms with Crippen LogP contribution in [-0.2, 0) is 10.1 Å². The minimum absolute atomic E-state index is 0. The SMILES string of the molecule is O=C(O)c1ccc2ccc(S(=O)(=O)O)cc2c1.[NaH]. The van der Waals surface area contributed by atoms with E-state index in [1.54, 1.807) is 6.07 Å². The van der Waals surface area contributed by atoms with Crippen LogP contribution in [0.15, 0.2) is 41.3 Å². The van der Waals surface area contributed by atoms with E-state index in [0.29, 0.717) is 10.8 Å². The molecular formula is C11H9NaO5S. The second-order valence-electron chi connectivity index (χ2n) is 3.50. The van der Waals surface area contributed by atoms with E-state index in [1.807, 2.05) is 0 Å². The van der Waals surface area contributed by atoms with Crippen molar-refractivity contribution in [1.29, 1.82) is 0 Å². The van der Waals surface area contributed by atoms with Crippen LogP contribution in [0.5, 0.6) is 0 Å². The molecule has 2 rings (SSSR count). The predicted molar refractivity (Wildman–Crippen MR) is 67.9 cm³/mol. The molecule has 0 radical (unpaired) electrons. The summed E-state index contributed by atoms with van der Waals surface area (Å²) in [5.74, 6) is -1.09. The van der Waals surface area contributed by atoms with E-state index in [-0.39, 0.29) is 40.0 Å². The summed E-state index contributed by atoms with van der Waals surface area (Å²) in [5, 5.41) is 9.95. The van der Waals surface area contributed by atoms with E-state index >= 15 is 0 Å². The third kappa shape index (κ3) is 3.09. The summed E-state index contributed by atoms with van der Waals surface area (Å²) < 4.78 is 30.8. The van der Waals surface area contributed by atoms with Crippen LogP contribution in [0.3, 0.4) is 0 Å². The van der Waals surface area contributed by atoms with E-state index in [0.717, 1.165) is 0 Å². The number of aromatic carboxylic acids is 1. The van der Waals surface area contributed by atoms with Gasteiger partial charge in [0.15, 0.2) is 0 Å². The van der Waals surface area contributed by atoms with Gasteiger partial charge in [0, 0.05) is 0 Å². The molecule has 0 spiro atoms. The van der Waals surface area contributed by atoms with Gasteiger partial charge < -0.3 is 5.11 Å². The van der Waals surface area contributed by atoms with E-state index in [1.165, 1.54) is 30.3 Å². The first-order valence-corrected chi connectivity index (χ1v) is 6.06. The summed E-state index contributed by atoms with van der Waals surface area (Å²) >= 11 is 0. The van der Waals surface area contributed by atoms with E-state index in [9.17, 15) is 13.2 Å². The Morgan fingerprint density at radius 2 is 1.61 bits per heavy atom. The Morgan fingerprint density at radius 3 is 2.17 bits per heavy atom. The molecule has 0 heterocycles. The molecule has 0 aliphatic rings. The summed E-state index contributed by atoms with van der Waals surface area (Å²) in [5.41, 5.74) is 0.0602. The predicted octanol–water partition coefficient (Wildman–Crippen LogP) is 1.14. The van der Waals surface area contributed by atoms with Crippen molar-refractivity contribution in [2.24, 2.45) is 0 Å². The van der Waals surface area contributed by atoms with Crippen LogP contribution in [0.25, 0.3) is 10.8 Å². The quantitative estimate of drug-likeness (QED) is 0.634. The first kappa shape index (κ1) is 15.1. The number of carboxylic acid groups (broad SMARTS) is 1. The number of carboxylic acids is 1. The van der Waals surface area contributed by atoms with Crippen molar-refractivity contribution >= 4 is 56.4 Å². The maximum absolute atomic E-state index is 10.9. The molecule has 0 saturated carbocycles. The summed E-state index contributed by atoms with van der Waals surface area (Å²) in [4.78, 5) is 10.5. The van der Waals surface area contributed by atoms with Gasteiger partial charge in [-0.2, -0.15) is 8.42 Å². The van der Waals surface area contributed by atoms with Crippen LogP contribution < -0.4 is 0 Å². The molecule has 0 unspecified atom stereocenters. The average molecular weight is 276 g/mol. The van der Waals surface area contributed by atoms with Crippen LogP contribution >= 0.6 is 0 Å². The Balaban J connectivity index is 0.00000162. The zero-order chi connectivity index (χ0) is 12.6. The van der Waals surface area contributed by atoms with Crippen LogP contribution in [0.2, 0.25) is 0 Å². The number of hydrogen-bond acceptors (Lipinski definition) is 3. The van der Waals surface area contributed by atoms with Gasteiger partial charge in [0.25, 0.3) is 10.1 Å². The molecule has 2 aromatic rings. The van der Waals surface area contributed by atoms with E-state index in [2.05, 4.69) is 0 Å². The Kier molecular flexibility index (Phi) is 4.52. The van der Waals surface area contributed by atoms with Crippen LogP contribution in [0.1, 0.15) is 10.4 Å². The van der Waals surface area contributed by atoms with Crippen LogP contribution in [0.4, 0.5) is 0 Å². The van der Waals surface area contributed by atoms with Gasteiger partial charge in [0.2, 0.25) is 0 Å². The molecule has 0 amide bonds. The molecule has 0 atom stereocenters. The molecule has 5 nitrogen and oxygen atoms in total. The first-order valence-electron chi connectivity index (χ1n) is 4.62.